The first-order chi connectivity index (χ1) is 15.0. The first-order valence-electron chi connectivity index (χ1n) is 9.79. The molecular formula is C25H21BrN4O. The Kier molecular flexibility index (Phi) is 6.09. The van der Waals surface area contributed by atoms with E-state index >= 15 is 0 Å². The Morgan fingerprint density at radius 3 is 2.26 bits per heavy atom. The van der Waals surface area contributed by atoms with Crippen LogP contribution < -0.4 is 5.01 Å². The van der Waals surface area contributed by atoms with E-state index in [1.807, 2.05) is 86.8 Å². The van der Waals surface area contributed by atoms with Crippen LogP contribution in [0, 0.1) is 0 Å². The number of aromatic hydroxyl groups is 1. The Labute approximate surface area is 189 Å². The molecule has 154 valence electrons. The topological polar surface area (TPSA) is 61.6 Å². The van der Waals surface area contributed by atoms with Gasteiger partial charge in [0.2, 0.25) is 0 Å². The summed E-state index contributed by atoms with van der Waals surface area (Å²) in [5.74, 6) is 1.47. The van der Waals surface area contributed by atoms with Crippen LogP contribution in [0.4, 0.5) is 5.82 Å². The minimum Gasteiger partial charge on any atom is -0.507 e. The summed E-state index contributed by atoms with van der Waals surface area (Å²) < 4.78 is 0.996. The molecule has 0 atom stereocenters. The molecule has 0 fully saturated rings. The molecule has 0 saturated heterocycles. The molecule has 0 unspecified atom stereocenters. The summed E-state index contributed by atoms with van der Waals surface area (Å²) >= 11 is 3.47. The van der Waals surface area contributed by atoms with Gasteiger partial charge in [-0.15, -0.1) is 0 Å². The zero-order valence-electron chi connectivity index (χ0n) is 17.2. The van der Waals surface area contributed by atoms with E-state index in [0.29, 0.717) is 22.9 Å². The standard InChI is InChI=1S/C25H21BrN4O/c1-17(21-10-6-7-11-23(21)31)29-30(2)24-16-22(18-8-4-3-5-9-18)27-25(28-24)19-12-14-20(26)15-13-19/h3-16,31H,1-2H3. The second-order valence-electron chi connectivity index (χ2n) is 7.03. The summed E-state index contributed by atoms with van der Waals surface area (Å²) in [5, 5.41) is 16.5. The van der Waals surface area contributed by atoms with Gasteiger partial charge in [-0.2, -0.15) is 5.10 Å². The predicted molar refractivity (Wildman–Crippen MR) is 129 cm³/mol. The van der Waals surface area contributed by atoms with Crippen molar-refractivity contribution < 1.29 is 5.11 Å². The molecule has 5 nitrogen and oxygen atoms in total. The normalized spacial score (nSPS) is 11.4. The number of hydrogen-bond donors (Lipinski definition) is 1. The van der Waals surface area contributed by atoms with Crippen molar-refractivity contribution in [3.8, 4) is 28.4 Å². The lowest BCUT2D eigenvalue weighted by Gasteiger charge is -2.16. The van der Waals surface area contributed by atoms with Crippen LogP contribution in [0.3, 0.4) is 0 Å². The molecule has 6 heteroatoms. The smallest absolute Gasteiger partial charge is 0.162 e. The summed E-state index contributed by atoms with van der Waals surface area (Å²) in [6, 6.07) is 27.0. The van der Waals surface area contributed by atoms with Crippen molar-refractivity contribution in [3.05, 3.63) is 95.0 Å². The fraction of sp³-hybridized carbons (Fsp3) is 0.0800. The Balaban J connectivity index is 1.79. The van der Waals surface area contributed by atoms with Gasteiger partial charge in [-0.25, -0.2) is 9.97 Å². The van der Waals surface area contributed by atoms with Gasteiger partial charge in [-0.1, -0.05) is 70.5 Å². The number of benzene rings is 3. The Hall–Kier alpha value is -3.51. The largest absolute Gasteiger partial charge is 0.507 e. The molecule has 31 heavy (non-hydrogen) atoms. The second kappa shape index (κ2) is 9.10. The average Bonchev–Trinajstić information content (AvgIpc) is 2.80. The number of para-hydroxylation sites is 1. The van der Waals surface area contributed by atoms with Crippen molar-refractivity contribution in [3.63, 3.8) is 0 Å². The van der Waals surface area contributed by atoms with E-state index in [1.54, 1.807) is 17.1 Å². The maximum Gasteiger partial charge on any atom is 0.162 e. The SMILES string of the molecule is CC(=NN(C)c1cc(-c2ccccc2)nc(-c2ccc(Br)cc2)n1)c1ccccc1O. The fourth-order valence-electron chi connectivity index (χ4n) is 3.19. The van der Waals surface area contributed by atoms with E-state index < -0.39 is 0 Å². The average molecular weight is 473 g/mol. The van der Waals surface area contributed by atoms with Crippen LogP contribution >= 0.6 is 15.9 Å². The molecular weight excluding hydrogens is 452 g/mol. The van der Waals surface area contributed by atoms with E-state index in [1.165, 1.54) is 0 Å². The molecule has 1 heterocycles. The molecule has 0 saturated carbocycles. The minimum absolute atomic E-state index is 0.195. The monoisotopic (exact) mass is 472 g/mol. The third-order valence-corrected chi connectivity index (χ3v) is 5.34. The first-order valence-corrected chi connectivity index (χ1v) is 10.6. The number of halogens is 1. The zero-order chi connectivity index (χ0) is 21.8. The maximum atomic E-state index is 10.1. The van der Waals surface area contributed by atoms with Crippen molar-refractivity contribution in [2.24, 2.45) is 5.10 Å². The van der Waals surface area contributed by atoms with Crippen LogP contribution in [0.2, 0.25) is 0 Å². The second-order valence-corrected chi connectivity index (χ2v) is 7.95. The lowest BCUT2D eigenvalue weighted by Crippen LogP contribution is -2.15. The van der Waals surface area contributed by atoms with Gasteiger partial charge in [0.05, 0.1) is 11.4 Å². The Bertz CT molecular complexity index is 1220. The molecule has 3 aromatic carbocycles. The number of phenolic OH excluding ortho intramolecular Hbond substituents is 1. The number of nitrogens with zero attached hydrogens (tertiary/aromatic N) is 4. The van der Waals surface area contributed by atoms with Gasteiger partial charge >= 0.3 is 0 Å². The van der Waals surface area contributed by atoms with E-state index in [0.717, 1.165) is 21.3 Å². The third kappa shape index (κ3) is 4.81. The van der Waals surface area contributed by atoms with Gasteiger partial charge in [0.15, 0.2) is 11.6 Å². The quantitative estimate of drug-likeness (QED) is 0.280. The molecule has 0 radical (unpaired) electrons. The van der Waals surface area contributed by atoms with Crippen LogP contribution in [-0.2, 0) is 0 Å². The highest BCUT2D eigenvalue weighted by Gasteiger charge is 2.13. The number of phenols is 1. The number of hydrogen-bond acceptors (Lipinski definition) is 5. The molecule has 0 aliphatic rings. The molecule has 1 aromatic heterocycles. The van der Waals surface area contributed by atoms with Gasteiger partial charge < -0.3 is 5.11 Å². The Morgan fingerprint density at radius 1 is 0.871 bits per heavy atom. The first kappa shape index (κ1) is 20.8. The zero-order valence-corrected chi connectivity index (χ0v) is 18.8. The predicted octanol–water partition coefficient (Wildman–Crippen LogP) is 6.14. The summed E-state index contributed by atoms with van der Waals surface area (Å²) in [4.78, 5) is 9.55. The lowest BCUT2D eigenvalue weighted by atomic mass is 10.1. The molecule has 0 aliphatic carbocycles. The van der Waals surface area contributed by atoms with Crippen LogP contribution in [0.1, 0.15) is 12.5 Å². The van der Waals surface area contributed by atoms with E-state index in [9.17, 15) is 5.11 Å². The summed E-state index contributed by atoms with van der Waals surface area (Å²) in [6.07, 6.45) is 0. The van der Waals surface area contributed by atoms with E-state index in [4.69, 9.17) is 9.97 Å². The van der Waals surface area contributed by atoms with E-state index in [-0.39, 0.29) is 5.75 Å². The number of rotatable bonds is 5. The molecule has 0 spiro atoms. The number of hydrazone groups is 1. The summed E-state index contributed by atoms with van der Waals surface area (Å²) in [6.45, 7) is 1.86. The van der Waals surface area contributed by atoms with E-state index in [2.05, 4.69) is 21.0 Å². The molecule has 4 rings (SSSR count). The molecule has 0 bridgehead atoms. The Morgan fingerprint density at radius 2 is 1.55 bits per heavy atom. The van der Waals surface area contributed by atoms with Crippen molar-refractivity contribution >= 4 is 27.5 Å². The third-order valence-electron chi connectivity index (χ3n) is 4.81. The fourth-order valence-corrected chi connectivity index (χ4v) is 3.46. The van der Waals surface area contributed by atoms with Gasteiger partial charge in [-0.3, -0.25) is 5.01 Å². The summed E-state index contributed by atoms with van der Waals surface area (Å²) in [5.41, 5.74) is 4.09. The maximum absolute atomic E-state index is 10.1. The lowest BCUT2D eigenvalue weighted by molar-refractivity contribution is 0.474. The van der Waals surface area contributed by atoms with Crippen molar-refractivity contribution in [1.29, 1.82) is 0 Å². The van der Waals surface area contributed by atoms with Crippen LogP contribution in [0.15, 0.2) is 94.5 Å². The minimum atomic E-state index is 0.195. The highest BCUT2D eigenvalue weighted by molar-refractivity contribution is 9.10. The van der Waals surface area contributed by atoms with Gasteiger partial charge in [0, 0.05) is 34.3 Å². The molecule has 1 N–H and O–H groups in total. The van der Waals surface area contributed by atoms with Crippen molar-refractivity contribution in [2.45, 2.75) is 6.92 Å². The highest BCUT2D eigenvalue weighted by Crippen LogP contribution is 2.27. The van der Waals surface area contributed by atoms with Crippen LogP contribution in [-0.4, -0.2) is 27.8 Å². The van der Waals surface area contributed by atoms with Crippen LogP contribution in [0.25, 0.3) is 22.6 Å². The van der Waals surface area contributed by atoms with Crippen LogP contribution in [0.5, 0.6) is 5.75 Å². The van der Waals surface area contributed by atoms with Crippen molar-refractivity contribution in [2.75, 3.05) is 12.1 Å². The highest BCUT2D eigenvalue weighted by atomic mass is 79.9. The van der Waals surface area contributed by atoms with Gasteiger partial charge in [0.1, 0.15) is 5.75 Å². The molecule has 0 aliphatic heterocycles. The molecule has 0 amide bonds. The number of anilines is 1. The van der Waals surface area contributed by atoms with Gasteiger partial charge in [0.25, 0.3) is 0 Å². The van der Waals surface area contributed by atoms with Gasteiger partial charge in [-0.05, 0) is 31.2 Å². The summed E-state index contributed by atoms with van der Waals surface area (Å²) in [7, 11) is 1.84. The number of aromatic nitrogens is 2. The van der Waals surface area contributed by atoms with Crippen molar-refractivity contribution in [1.82, 2.24) is 9.97 Å². The molecule has 4 aromatic rings.